The third kappa shape index (κ3) is 2.87. The van der Waals surface area contributed by atoms with Crippen molar-refractivity contribution in [3.63, 3.8) is 0 Å². The number of esters is 1. The van der Waals surface area contributed by atoms with E-state index >= 15 is 0 Å². The number of aryl methyl sites for hydroxylation is 1. The highest BCUT2D eigenvalue weighted by atomic mass is 16.5. The van der Waals surface area contributed by atoms with Crippen molar-refractivity contribution in [3.8, 4) is 0 Å². The first-order chi connectivity index (χ1) is 14.3. The molecule has 0 saturated carbocycles. The van der Waals surface area contributed by atoms with Gasteiger partial charge in [0.2, 0.25) is 0 Å². The Labute approximate surface area is 170 Å². The normalized spacial score (nSPS) is 11.1. The summed E-state index contributed by atoms with van der Waals surface area (Å²) in [6, 6.07) is 8.38. The standard InChI is InChI=1S/C21H19N5O4/c1-3-29-21(28)12-8-11(18(27)10-6-4-9(2)5-7-10)15(22)13-16(23)14-19(24)26-30-20(14)25-17(12)13/h4-8H,3,22H2,1-2H3,(H2,23,25)(H2,24,26). The van der Waals surface area contributed by atoms with Crippen LogP contribution in [0.1, 0.15) is 38.8 Å². The van der Waals surface area contributed by atoms with Gasteiger partial charge in [0.15, 0.2) is 11.6 Å². The third-order valence-corrected chi connectivity index (χ3v) is 4.85. The molecular weight excluding hydrogens is 386 g/mol. The van der Waals surface area contributed by atoms with Crippen LogP contribution in [0.4, 0.5) is 17.2 Å². The Morgan fingerprint density at radius 1 is 1.03 bits per heavy atom. The molecule has 9 heteroatoms. The minimum Gasteiger partial charge on any atom is -0.462 e. The van der Waals surface area contributed by atoms with Gasteiger partial charge in [-0.2, -0.15) is 0 Å². The largest absolute Gasteiger partial charge is 0.462 e. The summed E-state index contributed by atoms with van der Waals surface area (Å²) in [4.78, 5) is 30.2. The van der Waals surface area contributed by atoms with Crippen LogP contribution in [0.5, 0.6) is 0 Å². The van der Waals surface area contributed by atoms with Crippen LogP contribution in [0.15, 0.2) is 34.9 Å². The number of hydrogen-bond donors (Lipinski definition) is 3. The van der Waals surface area contributed by atoms with Crippen LogP contribution in [0, 0.1) is 6.92 Å². The zero-order chi connectivity index (χ0) is 21.6. The van der Waals surface area contributed by atoms with Crippen molar-refractivity contribution in [2.75, 3.05) is 23.8 Å². The van der Waals surface area contributed by atoms with Gasteiger partial charge in [-0.05, 0) is 19.9 Å². The fraction of sp³-hybridized carbons (Fsp3) is 0.143. The molecule has 9 nitrogen and oxygen atoms in total. The van der Waals surface area contributed by atoms with Crippen LogP contribution >= 0.6 is 0 Å². The lowest BCUT2D eigenvalue weighted by molar-refractivity contribution is 0.0528. The predicted molar refractivity (Wildman–Crippen MR) is 113 cm³/mol. The fourth-order valence-electron chi connectivity index (χ4n) is 3.34. The molecule has 2 aromatic heterocycles. The van der Waals surface area contributed by atoms with Crippen molar-refractivity contribution in [1.82, 2.24) is 10.1 Å². The van der Waals surface area contributed by atoms with E-state index in [1.54, 1.807) is 19.1 Å². The van der Waals surface area contributed by atoms with Gasteiger partial charge in [-0.25, -0.2) is 9.78 Å². The molecule has 2 heterocycles. The van der Waals surface area contributed by atoms with E-state index in [-0.39, 0.29) is 62.7 Å². The van der Waals surface area contributed by atoms with Gasteiger partial charge in [-0.3, -0.25) is 4.79 Å². The van der Waals surface area contributed by atoms with Crippen molar-refractivity contribution in [2.24, 2.45) is 0 Å². The van der Waals surface area contributed by atoms with Crippen molar-refractivity contribution in [1.29, 1.82) is 0 Å². The molecule has 0 aliphatic rings. The molecule has 0 aliphatic carbocycles. The first-order valence-electron chi connectivity index (χ1n) is 9.18. The van der Waals surface area contributed by atoms with E-state index in [0.29, 0.717) is 5.56 Å². The molecule has 6 N–H and O–H groups in total. The van der Waals surface area contributed by atoms with Gasteiger partial charge in [0.25, 0.3) is 5.71 Å². The summed E-state index contributed by atoms with van der Waals surface area (Å²) < 4.78 is 10.3. The van der Waals surface area contributed by atoms with Crippen molar-refractivity contribution >= 4 is 50.9 Å². The monoisotopic (exact) mass is 405 g/mol. The second-order valence-corrected chi connectivity index (χ2v) is 6.80. The number of ketones is 1. The summed E-state index contributed by atoms with van der Waals surface area (Å²) in [5.74, 6) is -0.999. The van der Waals surface area contributed by atoms with Gasteiger partial charge in [0.05, 0.1) is 29.1 Å². The molecule has 0 fully saturated rings. The van der Waals surface area contributed by atoms with Crippen molar-refractivity contribution < 1.29 is 18.8 Å². The number of nitrogens with zero attached hydrogens (tertiary/aromatic N) is 2. The lowest BCUT2D eigenvalue weighted by Gasteiger charge is -2.14. The van der Waals surface area contributed by atoms with Crippen LogP contribution in [-0.2, 0) is 4.74 Å². The van der Waals surface area contributed by atoms with E-state index in [1.165, 1.54) is 6.07 Å². The van der Waals surface area contributed by atoms with Crippen LogP contribution in [0.25, 0.3) is 22.0 Å². The average Bonchev–Trinajstić information content (AvgIpc) is 3.09. The highest BCUT2D eigenvalue weighted by molar-refractivity contribution is 6.23. The van der Waals surface area contributed by atoms with Gasteiger partial charge in [-0.1, -0.05) is 35.0 Å². The Bertz CT molecular complexity index is 1330. The van der Waals surface area contributed by atoms with Gasteiger partial charge in [0.1, 0.15) is 5.39 Å². The molecule has 0 radical (unpaired) electrons. The number of nitrogens with two attached hydrogens (primary N) is 3. The van der Waals surface area contributed by atoms with E-state index in [9.17, 15) is 9.59 Å². The first-order valence-corrected chi connectivity index (χ1v) is 9.18. The minimum absolute atomic E-state index is 0.0317. The number of ether oxygens (including phenoxy) is 1. The van der Waals surface area contributed by atoms with E-state index < -0.39 is 5.97 Å². The number of rotatable bonds is 4. The molecule has 4 rings (SSSR count). The van der Waals surface area contributed by atoms with Crippen LogP contribution in [0.2, 0.25) is 0 Å². The van der Waals surface area contributed by atoms with E-state index in [2.05, 4.69) is 10.1 Å². The molecule has 2 aromatic carbocycles. The third-order valence-electron chi connectivity index (χ3n) is 4.85. The average molecular weight is 405 g/mol. The Morgan fingerprint density at radius 3 is 2.40 bits per heavy atom. The molecule has 0 unspecified atom stereocenters. The molecular formula is C21H19N5O4. The molecule has 30 heavy (non-hydrogen) atoms. The molecule has 0 amide bonds. The molecule has 0 atom stereocenters. The number of nitrogen functional groups attached to an aromatic ring is 3. The van der Waals surface area contributed by atoms with E-state index in [1.807, 2.05) is 19.1 Å². The highest BCUT2D eigenvalue weighted by Gasteiger charge is 2.26. The van der Waals surface area contributed by atoms with E-state index in [4.69, 9.17) is 26.5 Å². The smallest absolute Gasteiger partial charge is 0.340 e. The summed E-state index contributed by atoms with van der Waals surface area (Å²) in [5, 5.41) is 4.16. The lowest BCUT2D eigenvalue weighted by Crippen LogP contribution is -2.13. The zero-order valence-corrected chi connectivity index (χ0v) is 16.4. The first kappa shape index (κ1) is 19.2. The van der Waals surface area contributed by atoms with Crippen LogP contribution in [0.3, 0.4) is 0 Å². The Hall–Kier alpha value is -4.14. The topological polar surface area (TPSA) is 160 Å². The number of carbonyl (C=O) groups excluding carboxylic acids is 2. The number of hydrogen-bond acceptors (Lipinski definition) is 9. The summed E-state index contributed by atoms with van der Waals surface area (Å²) >= 11 is 0. The quantitative estimate of drug-likeness (QED) is 0.263. The molecule has 0 saturated heterocycles. The van der Waals surface area contributed by atoms with Gasteiger partial charge in [-0.15, -0.1) is 0 Å². The number of pyridine rings is 1. The van der Waals surface area contributed by atoms with Crippen molar-refractivity contribution in [2.45, 2.75) is 13.8 Å². The predicted octanol–water partition coefficient (Wildman–Crippen LogP) is 2.84. The Kier molecular flexibility index (Phi) is 4.50. The summed E-state index contributed by atoms with van der Waals surface area (Å²) in [6.07, 6.45) is 0. The second-order valence-electron chi connectivity index (χ2n) is 6.80. The maximum atomic E-state index is 13.2. The highest BCUT2D eigenvalue weighted by Crippen LogP contribution is 2.39. The number of aromatic nitrogens is 2. The van der Waals surface area contributed by atoms with Gasteiger partial charge < -0.3 is 26.5 Å². The molecule has 0 spiro atoms. The van der Waals surface area contributed by atoms with Gasteiger partial charge in [0, 0.05) is 16.5 Å². The Morgan fingerprint density at radius 2 is 1.73 bits per heavy atom. The lowest BCUT2D eigenvalue weighted by atomic mass is 9.94. The van der Waals surface area contributed by atoms with Gasteiger partial charge >= 0.3 is 5.97 Å². The number of benzene rings is 2. The summed E-state index contributed by atoms with van der Waals surface area (Å²) in [5.41, 5.74) is 20.5. The number of carbonyl (C=O) groups is 2. The maximum absolute atomic E-state index is 13.2. The molecule has 152 valence electrons. The second kappa shape index (κ2) is 7.03. The van der Waals surface area contributed by atoms with E-state index in [0.717, 1.165) is 5.56 Å². The van der Waals surface area contributed by atoms with Crippen LogP contribution in [-0.4, -0.2) is 28.5 Å². The summed E-state index contributed by atoms with van der Waals surface area (Å²) in [6.45, 7) is 3.73. The number of fused-ring (bicyclic) bond motifs is 2. The maximum Gasteiger partial charge on any atom is 0.340 e. The zero-order valence-electron chi connectivity index (χ0n) is 16.4. The molecule has 0 bridgehead atoms. The van der Waals surface area contributed by atoms with Crippen molar-refractivity contribution in [3.05, 3.63) is 52.6 Å². The van der Waals surface area contributed by atoms with Crippen LogP contribution < -0.4 is 17.2 Å². The SMILES string of the molecule is CCOC(=O)c1cc(C(=O)c2ccc(C)cc2)c(N)c2c(N)c3c(N)noc3nc12. The molecule has 0 aliphatic heterocycles. The Balaban J connectivity index is 2.07. The minimum atomic E-state index is -0.667. The summed E-state index contributed by atoms with van der Waals surface area (Å²) in [7, 11) is 0. The number of anilines is 3. The fourth-order valence-corrected chi connectivity index (χ4v) is 3.34. The molecule has 4 aromatic rings.